The first-order valence-corrected chi connectivity index (χ1v) is 10.7. The molecule has 4 rings (SSSR count). The number of carbonyl (C=O) groups is 2. The number of anilines is 2. The van der Waals surface area contributed by atoms with Crippen LogP contribution in [0.15, 0.2) is 72.8 Å². The summed E-state index contributed by atoms with van der Waals surface area (Å²) in [4.78, 5) is 26.5. The molecule has 3 aromatic carbocycles. The number of amides is 1. The lowest BCUT2D eigenvalue weighted by Crippen LogP contribution is -2.30. The molecule has 0 atom stereocenters. The van der Waals surface area contributed by atoms with Crippen molar-refractivity contribution in [3.63, 3.8) is 0 Å². The molecule has 32 heavy (non-hydrogen) atoms. The first-order chi connectivity index (χ1) is 15.4. The van der Waals surface area contributed by atoms with Crippen molar-refractivity contribution in [2.75, 3.05) is 23.3 Å². The summed E-state index contributed by atoms with van der Waals surface area (Å²) in [5.41, 5.74) is 5.43. The third kappa shape index (κ3) is 4.68. The Labute approximate surface area is 191 Å². The summed E-state index contributed by atoms with van der Waals surface area (Å²) < 4.78 is 0. The van der Waals surface area contributed by atoms with Crippen molar-refractivity contribution in [1.82, 2.24) is 0 Å². The zero-order chi connectivity index (χ0) is 22.7. The Morgan fingerprint density at radius 2 is 1.78 bits per heavy atom. The molecule has 0 bridgehead atoms. The van der Waals surface area contributed by atoms with Crippen LogP contribution in [0.25, 0.3) is 5.57 Å². The Kier molecular flexibility index (Phi) is 6.28. The van der Waals surface area contributed by atoms with Crippen LogP contribution in [0, 0.1) is 6.92 Å². The van der Waals surface area contributed by atoms with Gasteiger partial charge in [0.25, 0.3) is 5.91 Å². The highest BCUT2D eigenvalue weighted by atomic mass is 35.5. The van der Waals surface area contributed by atoms with Gasteiger partial charge in [-0.25, -0.2) is 4.79 Å². The predicted octanol–water partition coefficient (Wildman–Crippen LogP) is 5.89. The average Bonchev–Trinajstić information content (AvgIpc) is 2.80. The van der Waals surface area contributed by atoms with Gasteiger partial charge in [-0.1, -0.05) is 41.9 Å². The standard InChI is InChI=1S/C26H23ClN2O3/c1-17-4-2-3-5-22(17)18-12-14-29(15-13-18)24-11-10-21(16-23(24)26(31)32)28-25(30)19-6-8-20(27)9-7-19/h2-12,16H,13-15H2,1H3,(H,28,30)(H,31,32). The van der Waals surface area contributed by atoms with Crippen molar-refractivity contribution < 1.29 is 14.7 Å². The fourth-order valence-corrected chi connectivity index (χ4v) is 4.06. The summed E-state index contributed by atoms with van der Waals surface area (Å²) in [7, 11) is 0. The Hall–Kier alpha value is -3.57. The van der Waals surface area contributed by atoms with E-state index in [9.17, 15) is 14.7 Å². The number of nitrogens with one attached hydrogen (secondary N) is 1. The van der Waals surface area contributed by atoms with E-state index in [-0.39, 0.29) is 11.5 Å². The van der Waals surface area contributed by atoms with E-state index < -0.39 is 5.97 Å². The minimum Gasteiger partial charge on any atom is -0.478 e. The maximum absolute atomic E-state index is 12.5. The van der Waals surface area contributed by atoms with Crippen LogP contribution < -0.4 is 10.2 Å². The van der Waals surface area contributed by atoms with E-state index in [1.165, 1.54) is 22.8 Å². The van der Waals surface area contributed by atoms with Gasteiger partial charge in [0.2, 0.25) is 0 Å². The lowest BCUT2D eigenvalue weighted by atomic mass is 9.95. The lowest BCUT2D eigenvalue weighted by Gasteiger charge is -2.30. The molecule has 0 saturated heterocycles. The van der Waals surface area contributed by atoms with Crippen LogP contribution in [-0.4, -0.2) is 30.1 Å². The monoisotopic (exact) mass is 446 g/mol. The number of halogens is 1. The maximum atomic E-state index is 12.5. The van der Waals surface area contributed by atoms with Crippen LogP contribution in [0.1, 0.15) is 38.3 Å². The third-order valence-electron chi connectivity index (χ3n) is 5.63. The van der Waals surface area contributed by atoms with Gasteiger partial charge in [0, 0.05) is 29.4 Å². The van der Waals surface area contributed by atoms with Crippen molar-refractivity contribution in [2.45, 2.75) is 13.3 Å². The van der Waals surface area contributed by atoms with Crippen molar-refractivity contribution in [3.8, 4) is 0 Å². The lowest BCUT2D eigenvalue weighted by molar-refractivity contribution is 0.0697. The van der Waals surface area contributed by atoms with E-state index in [1.807, 2.05) is 12.1 Å². The molecule has 0 radical (unpaired) electrons. The molecule has 5 nitrogen and oxygen atoms in total. The number of carboxylic acid groups (broad SMARTS) is 1. The van der Waals surface area contributed by atoms with Gasteiger partial charge in [0.1, 0.15) is 0 Å². The highest BCUT2D eigenvalue weighted by molar-refractivity contribution is 6.30. The molecule has 3 aromatic rings. The van der Waals surface area contributed by atoms with Gasteiger partial charge in [-0.2, -0.15) is 0 Å². The molecular formula is C26H23ClN2O3. The van der Waals surface area contributed by atoms with Crippen molar-refractivity contribution >= 4 is 40.4 Å². The van der Waals surface area contributed by atoms with Gasteiger partial charge < -0.3 is 15.3 Å². The Balaban J connectivity index is 1.54. The SMILES string of the molecule is Cc1ccccc1C1=CCN(c2ccc(NC(=O)c3ccc(Cl)cc3)cc2C(=O)O)CC1. The second-order valence-electron chi connectivity index (χ2n) is 7.74. The Morgan fingerprint density at radius 1 is 1.03 bits per heavy atom. The van der Waals surface area contributed by atoms with E-state index in [0.717, 1.165) is 13.0 Å². The number of carboxylic acids is 1. The Morgan fingerprint density at radius 3 is 2.44 bits per heavy atom. The minimum absolute atomic E-state index is 0.159. The smallest absolute Gasteiger partial charge is 0.337 e. The predicted molar refractivity (Wildman–Crippen MR) is 129 cm³/mol. The number of hydrogen-bond donors (Lipinski definition) is 2. The molecule has 2 N–H and O–H groups in total. The van der Waals surface area contributed by atoms with E-state index in [1.54, 1.807) is 36.4 Å². The number of carbonyl (C=O) groups excluding carboxylic acids is 1. The number of rotatable bonds is 5. The zero-order valence-electron chi connectivity index (χ0n) is 17.6. The van der Waals surface area contributed by atoms with E-state index in [0.29, 0.717) is 28.5 Å². The molecule has 1 heterocycles. The summed E-state index contributed by atoms with van der Waals surface area (Å²) >= 11 is 5.87. The number of aryl methyl sites for hydroxylation is 1. The minimum atomic E-state index is -1.03. The van der Waals surface area contributed by atoms with Gasteiger partial charge in [-0.05, 0) is 72.5 Å². The highest BCUT2D eigenvalue weighted by Gasteiger charge is 2.20. The van der Waals surface area contributed by atoms with E-state index in [2.05, 4.69) is 35.3 Å². The molecular weight excluding hydrogens is 424 g/mol. The number of hydrogen-bond acceptors (Lipinski definition) is 3. The number of aromatic carboxylic acids is 1. The molecule has 0 spiro atoms. The summed E-state index contributed by atoms with van der Waals surface area (Å²) in [6.07, 6.45) is 2.99. The number of benzene rings is 3. The normalized spacial score (nSPS) is 13.4. The Bertz CT molecular complexity index is 1200. The van der Waals surface area contributed by atoms with Crippen LogP contribution >= 0.6 is 11.6 Å². The van der Waals surface area contributed by atoms with E-state index in [4.69, 9.17) is 11.6 Å². The van der Waals surface area contributed by atoms with Crippen LogP contribution in [0.5, 0.6) is 0 Å². The molecule has 0 aromatic heterocycles. The molecule has 0 aliphatic carbocycles. The molecule has 6 heteroatoms. The molecule has 0 saturated carbocycles. The summed E-state index contributed by atoms with van der Waals surface area (Å²) in [5.74, 6) is -1.36. The second kappa shape index (κ2) is 9.28. The summed E-state index contributed by atoms with van der Waals surface area (Å²) in [5, 5.41) is 13.1. The molecule has 1 aliphatic heterocycles. The highest BCUT2D eigenvalue weighted by Crippen LogP contribution is 2.31. The molecule has 0 fully saturated rings. The topological polar surface area (TPSA) is 69.6 Å². The molecule has 1 amide bonds. The quantitative estimate of drug-likeness (QED) is 0.512. The first kappa shape index (κ1) is 21.7. The van der Waals surface area contributed by atoms with Crippen LogP contribution in [0.2, 0.25) is 5.02 Å². The third-order valence-corrected chi connectivity index (χ3v) is 5.88. The maximum Gasteiger partial charge on any atom is 0.337 e. The van der Waals surface area contributed by atoms with Crippen molar-refractivity contribution in [2.24, 2.45) is 0 Å². The second-order valence-corrected chi connectivity index (χ2v) is 8.17. The van der Waals surface area contributed by atoms with Gasteiger partial charge in [-0.3, -0.25) is 4.79 Å². The van der Waals surface area contributed by atoms with Gasteiger partial charge in [-0.15, -0.1) is 0 Å². The first-order valence-electron chi connectivity index (χ1n) is 10.4. The molecule has 0 unspecified atom stereocenters. The van der Waals surface area contributed by atoms with Crippen molar-refractivity contribution in [3.05, 3.63) is 100 Å². The molecule has 1 aliphatic rings. The number of nitrogens with zero attached hydrogens (tertiary/aromatic N) is 1. The zero-order valence-corrected chi connectivity index (χ0v) is 18.4. The fourth-order valence-electron chi connectivity index (χ4n) is 3.93. The summed E-state index contributed by atoms with van der Waals surface area (Å²) in [6, 6.07) is 19.8. The van der Waals surface area contributed by atoms with Crippen molar-refractivity contribution in [1.29, 1.82) is 0 Å². The average molecular weight is 447 g/mol. The van der Waals surface area contributed by atoms with Gasteiger partial charge in [0.15, 0.2) is 0 Å². The van der Waals surface area contributed by atoms with Crippen LogP contribution in [0.4, 0.5) is 11.4 Å². The van der Waals surface area contributed by atoms with Crippen LogP contribution in [-0.2, 0) is 0 Å². The molecule has 162 valence electrons. The fraction of sp³-hybridized carbons (Fsp3) is 0.154. The van der Waals surface area contributed by atoms with Crippen LogP contribution in [0.3, 0.4) is 0 Å². The largest absolute Gasteiger partial charge is 0.478 e. The summed E-state index contributed by atoms with van der Waals surface area (Å²) in [6.45, 7) is 3.44. The van der Waals surface area contributed by atoms with Gasteiger partial charge in [0.05, 0.1) is 11.3 Å². The van der Waals surface area contributed by atoms with E-state index >= 15 is 0 Å². The van der Waals surface area contributed by atoms with Gasteiger partial charge >= 0.3 is 5.97 Å².